The van der Waals surface area contributed by atoms with Crippen LogP contribution in [0.5, 0.6) is 0 Å². The Kier molecular flexibility index (Phi) is 6.19. The SMILES string of the molecule is C=CCn1c(SCC(=O)Nc2ccc(Br)cn2)nnc1-c1ccccc1. The minimum Gasteiger partial charge on any atom is -0.310 e. The van der Waals surface area contributed by atoms with E-state index in [9.17, 15) is 4.79 Å². The molecule has 0 fully saturated rings. The van der Waals surface area contributed by atoms with Crippen molar-refractivity contribution in [2.45, 2.75) is 11.7 Å². The summed E-state index contributed by atoms with van der Waals surface area (Å²) in [4.78, 5) is 16.3. The predicted molar refractivity (Wildman–Crippen MR) is 107 cm³/mol. The molecule has 1 amide bonds. The molecule has 6 nitrogen and oxygen atoms in total. The molecular formula is C18H16BrN5OS. The van der Waals surface area contributed by atoms with Gasteiger partial charge in [0.1, 0.15) is 5.82 Å². The Balaban J connectivity index is 1.69. The molecular weight excluding hydrogens is 414 g/mol. The molecule has 0 spiro atoms. The van der Waals surface area contributed by atoms with Crippen LogP contribution >= 0.6 is 27.7 Å². The summed E-state index contributed by atoms with van der Waals surface area (Å²) in [5.74, 6) is 1.32. The number of halogens is 1. The number of aromatic nitrogens is 4. The first-order valence-corrected chi connectivity index (χ1v) is 9.59. The summed E-state index contributed by atoms with van der Waals surface area (Å²) in [6.45, 7) is 4.36. The second-order valence-corrected chi connectivity index (χ2v) is 7.13. The zero-order chi connectivity index (χ0) is 18.4. The number of thioether (sulfide) groups is 1. The molecule has 2 aromatic heterocycles. The van der Waals surface area contributed by atoms with Crippen molar-refractivity contribution in [3.05, 3.63) is 65.8 Å². The number of benzene rings is 1. The minimum atomic E-state index is -0.153. The van der Waals surface area contributed by atoms with Crippen LogP contribution in [0, 0.1) is 0 Å². The van der Waals surface area contributed by atoms with Crippen LogP contribution in [0.4, 0.5) is 5.82 Å². The molecule has 0 unspecified atom stereocenters. The Hall–Kier alpha value is -2.45. The normalized spacial score (nSPS) is 10.5. The van der Waals surface area contributed by atoms with Crippen LogP contribution in [0.25, 0.3) is 11.4 Å². The Morgan fingerprint density at radius 2 is 2.04 bits per heavy atom. The number of hydrogen-bond donors (Lipinski definition) is 1. The second kappa shape index (κ2) is 8.77. The van der Waals surface area contributed by atoms with E-state index < -0.39 is 0 Å². The molecule has 0 saturated heterocycles. The molecule has 0 aliphatic rings. The van der Waals surface area contributed by atoms with E-state index in [-0.39, 0.29) is 11.7 Å². The van der Waals surface area contributed by atoms with Gasteiger partial charge in [-0.1, -0.05) is 48.2 Å². The highest BCUT2D eigenvalue weighted by Gasteiger charge is 2.15. The lowest BCUT2D eigenvalue weighted by molar-refractivity contribution is -0.113. The lowest BCUT2D eigenvalue weighted by Crippen LogP contribution is -2.15. The molecule has 3 rings (SSSR count). The fraction of sp³-hybridized carbons (Fsp3) is 0.111. The number of hydrogen-bond acceptors (Lipinski definition) is 5. The van der Waals surface area contributed by atoms with Crippen molar-refractivity contribution < 1.29 is 4.79 Å². The van der Waals surface area contributed by atoms with E-state index in [0.717, 1.165) is 15.9 Å². The van der Waals surface area contributed by atoms with Gasteiger partial charge in [0.2, 0.25) is 5.91 Å². The molecule has 0 aliphatic carbocycles. The molecule has 0 radical (unpaired) electrons. The highest BCUT2D eigenvalue weighted by Crippen LogP contribution is 2.24. The summed E-state index contributed by atoms with van der Waals surface area (Å²) in [7, 11) is 0. The van der Waals surface area contributed by atoms with Gasteiger partial charge in [0.05, 0.1) is 5.75 Å². The summed E-state index contributed by atoms with van der Waals surface area (Å²) in [6.07, 6.45) is 3.42. The fourth-order valence-electron chi connectivity index (χ4n) is 2.25. The van der Waals surface area contributed by atoms with Crippen LogP contribution in [-0.4, -0.2) is 31.4 Å². The molecule has 1 aromatic carbocycles. The van der Waals surface area contributed by atoms with Gasteiger partial charge in [-0.2, -0.15) is 0 Å². The van der Waals surface area contributed by atoms with Gasteiger partial charge in [-0.05, 0) is 28.1 Å². The molecule has 3 aromatic rings. The molecule has 1 N–H and O–H groups in total. The lowest BCUT2D eigenvalue weighted by Gasteiger charge is -2.08. The van der Waals surface area contributed by atoms with E-state index in [2.05, 4.69) is 43.0 Å². The maximum Gasteiger partial charge on any atom is 0.236 e. The fourth-order valence-corrected chi connectivity index (χ4v) is 3.23. The van der Waals surface area contributed by atoms with Crippen LogP contribution in [0.15, 0.2) is 70.9 Å². The smallest absolute Gasteiger partial charge is 0.236 e. The molecule has 26 heavy (non-hydrogen) atoms. The quantitative estimate of drug-likeness (QED) is 0.453. The maximum absolute atomic E-state index is 12.2. The highest BCUT2D eigenvalue weighted by atomic mass is 79.9. The van der Waals surface area contributed by atoms with Crippen molar-refractivity contribution in [2.24, 2.45) is 0 Å². The molecule has 2 heterocycles. The largest absolute Gasteiger partial charge is 0.310 e. The number of rotatable bonds is 7. The van der Waals surface area contributed by atoms with Crippen molar-refractivity contribution >= 4 is 39.4 Å². The number of anilines is 1. The van der Waals surface area contributed by atoms with Crippen LogP contribution in [0.2, 0.25) is 0 Å². The third kappa shape index (κ3) is 4.59. The van der Waals surface area contributed by atoms with Gasteiger partial charge in [-0.15, -0.1) is 16.8 Å². The standard InChI is InChI=1S/C18H16BrN5OS/c1-2-10-24-17(13-6-4-3-5-7-13)22-23-18(24)26-12-16(25)21-15-9-8-14(19)11-20-15/h2-9,11H,1,10,12H2,(H,20,21,25). The molecule has 0 bridgehead atoms. The van der Waals surface area contributed by atoms with Crippen LogP contribution in [0.1, 0.15) is 0 Å². The Labute approximate surface area is 163 Å². The molecule has 0 aliphatic heterocycles. The van der Waals surface area contributed by atoms with E-state index in [0.29, 0.717) is 17.5 Å². The first-order chi connectivity index (χ1) is 12.7. The van der Waals surface area contributed by atoms with Crippen molar-refractivity contribution in [2.75, 3.05) is 11.1 Å². The van der Waals surface area contributed by atoms with E-state index in [4.69, 9.17) is 0 Å². The number of carbonyl (C=O) groups excluding carboxylic acids is 1. The topological polar surface area (TPSA) is 72.7 Å². The van der Waals surface area contributed by atoms with E-state index >= 15 is 0 Å². The number of nitrogens with one attached hydrogen (secondary N) is 1. The molecule has 8 heteroatoms. The third-order valence-electron chi connectivity index (χ3n) is 3.39. The van der Waals surface area contributed by atoms with Gasteiger partial charge in [-0.3, -0.25) is 9.36 Å². The van der Waals surface area contributed by atoms with Gasteiger partial charge in [0.25, 0.3) is 0 Å². The van der Waals surface area contributed by atoms with Gasteiger partial charge >= 0.3 is 0 Å². The molecule has 0 saturated carbocycles. The first kappa shape index (κ1) is 18.3. The Morgan fingerprint density at radius 1 is 1.23 bits per heavy atom. The predicted octanol–water partition coefficient (Wildman–Crippen LogP) is 4.02. The van der Waals surface area contributed by atoms with Gasteiger partial charge in [0.15, 0.2) is 11.0 Å². The minimum absolute atomic E-state index is 0.153. The van der Waals surface area contributed by atoms with Crippen LogP contribution in [-0.2, 0) is 11.3 Å². The summed E-state index contributed by atoms with van der Waals surface area (Å²) < 4.78 is 2.80. The Bertz CT molecular complexity index is 896. The summed E-state index contributed by atoms with van der Waals surface area (Å²) in [6, 6.07) is 13.4. The van der Waals surface area contributed by atoms with Crippen LogP contribution in [0.3, 0.4) is 0 Å². The van der Waals surface area contributed by atoms with Crippen molar-refractivity contribution in [1.29, 1.82) is 0 Å². The molecule has 132 valence electrons. The molecule has 0 atom stereocenters. The average Bonchev–Trinajstić information content (AvgIpc) is 3.06. The summed E-state index contributed by atoms with van der Waals surface area (Å²) >= 11 is 4.64. The highest BCUT2D eigenvalue weighted by molar-refractivity contribution is 9.10. The van der Waals surface area contributed by atoms with Gasteiger partial charge in [0, 0.05) is 22.8 Å². The summed E-state index contributed by atoms with van der Waals surface area (Å²) in [5, 5.41) is 11.9. The van der Waals surface area contributed by atoms with E-state index in [1.165, 1.54) is 11.8 Å². The Morgan fingerprint density at radius 3 is 2.73 bits per heavy atom. The monoisotopic (exact) mass is 429 g/mol. The van der Waals surface area contributed by atoms with Crippen molar-refractivity contribution in [3.8, 4) is 11.4 Å². The maximum atomic E-state index is 12.2. The third-order valence-corrected chi connectivity index (χ3v) is 4.82. The number of carbonyl (C=O) groups is 1. The van der Waals surface area contributed by atoms with Gasteiger partial charge in [-0.25, -0.2) is 4.98 Å². The van der Waals surface area contributed by atoms with Crippen molar-refractivity contribution in [1.82, 2.24) is 19.7 Å². The zero-order valence-electron chi connectivity index (χ0n) is 13.8. The van der Waals surface area contributed by atoms with E-state index in [1.807, 2.05) is 41.0 Å². The number of amides is 1. The average molecular weight is 430 g/mol. The van der Waals surface area contributed by atoms with Crippen LogP contribution < -0.4 is 5.32 Å². The first-order valence-electron chi connectivity index (χ1n) is 7.81. The van der Waals surface area contributed by atoms with Gasteiger partial charge < -0.3 is 5.32 Å². The second-order valence-electron chi connectivity index (χ2n) is 5.27. The lowest BCUT2D eigenvalue weighted by atomic mass is 10.2. The zero-order valence-corrected chi connectivity index (χ0v) is 16.2. The number of allylic oxidation sites excluding steroid dienone is 1. The van der Waals surface area contributed by atoms with Crippen molar-refractivity contribution in [3.63, 3.8) is 0 Å². The number of nitrogens with zero attached hydrogens (tertiary/aromatic N) is 4. The van der Waals surface area contributed by atoms with E-state index in [1.54, 1.807) is 18.3 Å². The summed E-state index contributed by atoms with van der Waals surface area (Å²) in [5.41, 5.74) is 0.970. The number of pyridine rings is 1.